The van der Waals surface area contributed by atoms with Gasteiger partial charge >= 0.3 is 0 Å². The van der Waals surface area contributed by atoms with Crippen molar-refractivity contribution in [2.45, 2.75) is 6.04 Å². The van der Waals surface area contributed by atoms with Crippen LogP contribution in [-0.4, -0.2) is 11.1 Å². The summed E-state index contributed by atoms with van der Waals surface area (Å²) in [6, 6.07) is 13.8. The molecule has 1 atom stereocenters. The van der Waals surface area contributed by atoms with E-state index in [4.69, 9.17) is 0 Å². The summed E-state index contributed by atoms with van der Waals surface area (Å²) in [6.07, 6.45) is 1.08. The summed E-state index contributed by atoms with van der Waals surface area (Å²) in [7, 11) is 0. The Morgan fingerprint density at radius 2 is 1.77 bits per heavy atom. The number of nitrogens with zero attached hydrogens (tertiary/aromatic N) is 1. The monoisotopic (exact) mass is 301 g/mol. The fraction of sp³-hybridized carbons (Fsp3) is 0.0625. The number of rotatable bonds is 3. The molecule has 0 bridgehead atoms. The Morgan fingerprint density at radius 3 is 2.50 bits per heavy atom. The lowest BCUT2D eigenvalue weighted by atomic mass is 10.0. The lowest BCUT2D eigenvalue weighted by Crippen LogP contribution is -2.30. The Morgan fingerprint density at radius 1 is 1.09 bits per heavy atom. The molecule has 6 heteroatoms. The third kappa shape index (κ3) is 2.82. The number of halogens is 2. The van der Waals surface area contributed by atoms with E-state index in [9.17, 15) is 13.7 Å². The van der Waals surface area contributed by atoms with E-state index in [-0.39, 0.29) is 22.4 Å². The topological polar surface area (TPSA) is 44.4 Å². The van der Waals surface area contributed by atoms with Crippen LogP contribution in [0.25, 0.3) is 0 Å². The molecule has 4 nitrogen and oxygen atoms in total. The molecule has 0 aliphatic carbocycles. The molecule has 0 fully saturated rings. The SMILES string of the molecule is O=C(NC1=CN(F)NC1c1ccccc1F)c1ccccc1. The van der Waals surface area contributed by atoms with E-state index in [0.29, 0.717) is 5.56 Å². The smallest absolute Gasteiger partial charge is 0.255 e. The fourth-order valence-electron chi connectivity index (χ4n) is 2.27. The van der Waals surface area contributed by atoms with Crippen molar-refractivity contribution in [1.82, 2.24) is 16.0 Å². The van der Waals surface area contributed by atoms with Gasteiger partial charge in [0.25, 0.3) is 5.91 Å². The van der Waals surface area contributed by atoms with Gasteiger partial charge in [-0.1, -0.05) is 40.9 Å². The van der Waals surface area contributed by atoms with Crippen molar-refractivity contribution in [2.24, 2.45) is 0 Å². The molecule has 2 N–H and O–H groups in total. The molecule has 0 radical (unpaired) electrons. The van der Waals surface area contributed by atoms with Crippen molar-refractivity contribution in [1.29, 1.82) is 0 Å². The predicted octanol–water partition coefficient (Wildman–Crippen LogP) is 2.84. The molecular weight excluding hydrogens is 288 g/mol. The van der Waals surface area contributed by atoms with Crippen LogP contribution in [0.15, 0.2) is 66.5 Å². The summed E-state index contributed by atoms with van der Waals surface area (Å²) < 4.78 is 27.3. The molecular formula is C16H13F2N3O. The standard InChI is InChI=1S/C16H13F2N3O/c17-13-9-5-4-8-12(13)15-14(10-21(18)20-15)19-16(22)11-6-2-1-3-7-11/h1-10,15,20H,(H,19,22). The Bertz CT molecular complexity index is 718. The third-order valence-electron chi connectivity index (χ3n) is 3.33. The van der Waals surface area contributed by atoms with E-state index in [1.165, 1.54) is 12.1 Å². The molecule has 0 saturated heterocycles. The first-order valence-electron chi connectivity index (χ1n) is 6.69. The molecule has 112 valence electrons. The van der Waals surface area contributed by atoms with Gasteiger partial charge in [0, 0.05) is 11.1 Å². The van der Waals surface area contributed by atoms with E-state index in [1.54, 1.807) is 42.5 Å². The average Bonchev–Trinajstić information content (AvgIpc) is 2.89. The quantitative estimate of drug-likeness (QED) is 0.857. The van der Waals surface area contributed by atoms with Crippen LogP contribution >= 0.6 is 0 Å². The summed E-state index contributed by atoms with van der Waals surface area (Å²) in [5, 5.41) is 2.82. The Hall–Kier alpha value is -2.73. The van der Waals surface area contributed by atoms with E-state index >= 15 is 0 Å². The van der Waals surface area contributed by atoms with Gasteiger partial charge in [-0.25, -0.2) is 4.39 Å². The second-order valence-electron chi connectivity index (χ2n) is 4.80. The Labute approximate surface area is 126 Å². The molecule has 22 heavy (non-hydrogen) atoms. The van der Waals surface area contributed by atoms with Crippen molar-refractivity contribution in [3.05, 3.63) is 83.4 Å². The maximum absolute atomic E-state index is 13.9. The van der Waals surface area contributed by atoms with Crippen LogP contribution in [0.4, 0.5) is 8.87 Å². The van der Waals surface area contributed by atoms with Gasteiger partial charge < -0.3 is 5.32 Å². The highest BCUT2D eigenvalue weighted by Crippen LogP contribution is 2.27. The van der Waals surface area contributed by atoms with E-state index in [1.807, 2.05) is 0 Å². The normalized spacial score (nSPS) is 17.3. The molecule has 1 heterocycles. The van der Waals surface area contributed by atoms with Gasteiger partial charge in [0.15, 0.2) is 0 Å². The molecule has 1 aliphatic heterocycles. The lowest BCUT2D eigenvalue weighted by Gasteiger charge is -2.17. The molecule has 3 rings (SSSR count). The number of carbonyl (C=O) groups excluding carboxylic acids is 1. The number of benzene rings is 2. The van der Waals surface area contributed by atoms with E-state index < -0.39 is 11.9 Å². The highest BCUT2D eigenvalue weighted by Gasteiger charge is 2.29. The van der Waals surface area contributed by atoms with Crippen LogP contribution in [0.1, 0.15) is 22.0 Å². The second kappa shape index (κ2) is 5.95. The number of nitrogens with one attached hydrogen (secondary N) is 2. The molecule has 1 unspecified atom stereocenters. The zero-order valence-corrected chi connectivity index (χ0v) is 11.5. The predicted molar refractivity (Wildman–Crippen MR) is 77.2 cm³/mol. The van der Waals surface area contributed by atoms with Crippen molar-refractivity contribution in [3.8, 4) is 0 Å². The molecule has 1 amide bonds. The zero-order valence-electron chi connectivity index (χ0n) is 11.5. The summed E-state index contributed by atoms with van der Waals surface area (Å²) >= 11 is 0. The van der Waals surface area contributed by atoms with Crippen LogP contribution in [-0.2, 0) is 0 Å². The minimum atomic E-state index is -0.793. The number of hydrogen-bond acceptors (Lipinski definition) is 3. The number of amides is 1. The van der Waals surface area contributed by atoms with Crippen LogP contribution in [0.2, 0.25) is 0 Å². The van der Waals surface area contributed by atoms with Crippen molar-refractivity contribution < 1.29 is 13.7 Å². The Kier molecular flexibility index (Phi) is 3.84. The third-order valence-corrected chi connectivity index (χ3v) is 3.33. The second-order valence-corrected chi connectivity index (χ2v) is 4.80. The zero-order chi connectivity index (χ0) is 15.5. The van der Waals surface area contributed by atoms with Crippen molar-refractivity contribution in [3.63, 3.8) is 0 Å². The van der Waals surface area contributed by atoms with Gasteiger partial charge in [0.05, 0.1) is 17.9 Å². The number of hydrazine groups is 1. The van der Waals surface area contributed by atoms with Gasteiger partial charge in [0.1, 0.15) is 5.82 Å². The van der Waals surface area contributed by atoms with Crippen LogP contribution in [0.5, 0.6) is 0 Å². The summed E-state index contributed by atoms with van der Waals surface area (Å²) in [6.45, 7) is 0. The maximum atomic E-state index is 13.9. The molecule has 0 spiro atoms. The summed E-state index contributed by atoms with van der Waals surface area (Å²) in [5.41, 5.74) is 3.36. The van der Waals surface area contributed by atoms with Crippen LogP contribution in [0, 0.1) is 5.82 Å². The first-order valence-corrected chi connectivity index (χ1v) is 6.69. The largest absolute Gasteiger partial charge is 0.322 e. The van der Waals surface area contributed by atoms with Gasteiger partial charge in [-0.3, -0.25) is 4.79 Å². The minimum absolute atomic E-state index is 0.206. The maximum Gasteiger partial charge on any atom is 0.255 e. The van der Waals surface area contributed by atoms with Crippen molar-refractivity contribution in [2.75, 3.05) is 0 Å². The highest BCUT2D eigenvalue weighted by molar-refractivity contribution is 5.95. The first kappa shape index (κ1) is 14.2. The number of hydrogen-bond donors (Lipinski definition) is 2. The molecule has 2 aromatic rings. The van der Waals surface area contributed by atoms with Gasteiger partial charge in [-0.15, -0.1) is 5.23 Å². The average molecular weight is 301 g/mol. The molecule has 0 aromatic heterocycles. The van der Waals surface area contributed by atoms with Gasteiger partial charge in [-0.05, 0) is 18.2 Å². The van der Waals surface area contributed by atoms with Gasteiger partial charge in [0.2, 0.25) is 0 Å². The summed E-state index contributed by atoms with van der Waals surface area (Å²) in [4.78, 5) is 12.2. The number of carbonyl (C=O) groups is 1. The van der Waals surface area contributed by atoms with E-state index in [0.717, 1.165) is 6.20 Å². The lowest BCUT2D eigenvalue weighted by molar-refractivity contribution is 0.0312. The van der Waals surface area contributed by atoms with Crippen LogP contribution in [0.3, 0.4) is 0 Å². The fourth-order valence-corrected chi connectivity index (χ4v) is 2.27. The molecule has 2 aromatic carbocycles. The first-order chi connectivity index (χ1) is 10.6. The van der Waals surface area contributed by atoms with E-state index in [2.05, 4.69) is 10.7 Å². The molecule has 1 aliphatic rings. The highest BCUT2D eigenvalue weighted by atomic mass is 19.2. The molecule has 0 saturated carbocycles. The Balaban J connectivity index is 1.84. The summed E-state index contributed by atoms with van der Waals surface area (Å²) in [5.74, 6) is -0.861. The van der Waals surface area contributed by atoms with Gasteiger partial charge in [-0.2, -0.15) is 5.43 Å². The van der Waals surface area contributed by atoms with Crippen molar-refractivity contribution >= 4 is 5.91 Å². The minimum Gasteiger partial charge on any atom is -0.322 e. The van der Waals surface area contributed by atoms with Crippen LogP contribution < -0.4 is 10.7 Å².